The topological polar surface area (TPSA) is 24.5 Å². The Balaban J connectivity index is 1.67. The van der Waals surface area contributed by atoms with Crippen LogP contribution in [0.3, 0.4) is 0 Å². The number of nitrogens with zero attached hydrogens (tertiary/aromatic N) is 1. The fourth-order valence-corrected chi connectivity index (χ4v) is 2.75. The first-order valence-electron chi connectivity index (χ1n) is 8.45. The average molecular weight is 290 g/mol. The first-order valence-corrected chi connectivity index (χ1v) is 8.45. The number of ether oxygens (including phenoxy) is 1. The Morgan fingerprint density at radius 1 is 1.19 bits per heavy atom. The van der Waals surface area contributed by atoms with E-state index >= 15 is 0 Å². The van der Waals surface area contributed by atoms with Gasteiger partial charge >= 0.3 is 0 Å². The molecule has 1 unspecified atom stereocenters. The lowest BCUT2D eigenvalue weighted by Crippen LogP contribution is -2.37. The van der Waals surface area contributed by atoms with E-state index in [0.717, 1.165) is 31.9 Å². The quantitative estimate of drug-likeness (QED) is 0.705. The molecule has 0 saturated carbocycles. The molecular weight excluding hydrogens is 260 g/mol. The largest absolute Gasteiger partial charge is 0.494 e. The molecule has 1 aromatic carbocycles. The van der Waals surface area contributed by atoms with E-state index in [9.17, 15) is 0 Å². The van der Waals surface area contributed by atoms with E-state index in [0.29, 0.717) is 6.04 Å². The van der Waals surface area contributed by atoms with Gasteiger partial charge in [0.25, 0.3) is 0 Å². The highest BCUT2D eigenvalue weighted by molar-refractivity contribution is 5.27. The number of nitrogens with one attached hydrogen (secondary N) is 1. The lowest BCUT2D eigenvalue weighted by atomic mass is 10.2. The summed E-state index contributed by atoms with van der Waals surface area (Å²) >= 11 is 0. The zero-order valence-electron chi connectivity index (χ0n) is 13.6. The van der Waals surface area contributed by atoms with Gasteiger partial charge in [-0.2, -0.15) is 0 Å². The van der Waals surface area contributed by atoms with Gasteiger partial charge in [0.1, 0.15) is 5.75 Å². The fourth-order valence-electron chi connectivity index (χ4n) is 2.75. The molecule has 0 aromatic heterocycles. The molecule has 0 bridgehead atoms. The van der Waals surface area contributed by atoms with Crippen LogP contribution in [0.4, 0.5) is 0 Å². The van der Waals surface area contributed by atoms with Gasteiger partial charge in [-0.05, 0) is 57.0 Å². The molecule has 0 aliphatic carbocycles. The van der Waals surface area contributed by atoms with Gasteiger partial charge in [0.05, 0.1) is 6.61 Å². The molecule has 1 fully saturated rings. The molecule has 2 rings (SSSR count). The second kappa shape index (κ2) is 9.06. The smallest absolute Gasteiger partial charge is 0.119 e. The van der Waals surface area contributed by atoms with E-state index in [-0.39, 0.29) is 0 Å². The van der Waals surface area contributed by atoms with Gasteiger partial charge in [-0.3, -0.25) is 0 Å². The van der Waals surface area contributed by atoms with E-state index in [2.05, 4.69) is 48.3 Å². The van der Waals surface area contributed by atoms with E-state index < -0.39 is 0 Å². The van der Waals surface area contributed by atoms with Crippen LogP contribution in [-0.4, -0.2) is 37.2 Å². The molecule has 0 radical (unpaired) electrons. The highest BCUT2D eigenvalue weighted by Crippen LogP contribution is 2.13. The van der Waals surface area contributed by atoms with E-state index in [1.165, 1.54) is 37.9 Å². The SMILES string of the molecule is CCCCOc1ccc(CNC(C)CN2CCCC2)cc1. The third kappa shape index (κ3) is 6.06. The molecule has 3 nitrogen and oxygen atoms in total. The van der Waals surface area contributed by atoms with Crippen molar-refractivity contribution in [1.82, 2.24) is 10.2 Å². The van der Waals surface area contributed by atoms with Crippen LogP contribution in [0.15, 0.2) is 24.3 Å². The summed E-state index contributed by atoms with van der Waals surface area (Å²) in [7, 11) is 0. The van der Waals surface area contributed by atoms with E-state index in [4.69, 9.17) is 4.74 Å². The molecule has 1 heterocycles. The van der Waals surface area contributed by atoms with Gasteiger partial charge in [0.15, 0.2) is 0 Å². The molecule has 0 amide bonds. The maximum Gasteiger partial charge on any atom is 0.119 e. The number of benzene rings is 1. The Morgan fingerprint density at radius 3 is 2.57 bits per heavy atom. The molecule has 1 atom stereocenters. The maximum atomic E-state index is 5.69. The Labute approximate surface area is 129 Å². The molecule has 21 heavy (non-hydrogen) atoms. The predicted octanol–water partition coefficient (Wildman–Crippen LogP) is 3.44. The Kier molecular flexibility index (Phi) is 7.04. The van der Waals surface area contributed by atoms with Crippen LogP contribution in [0, 0.1) is 0 Å². The highest BCUT2D eigenvalue weighted by Gasteiger charge is 2.14. The molecule has 1 N–H and O–H groups in total. The summed E-state index contributed by atoms with van der Waals surface area (Å²) in [4.78, 5) is 2.56. The van der Waals surface area contributed by atoms with Gasteiger partial charge in [-0.25, -0.2) is 0 Å². The van der Waals surface area contributed by atoms with Crippen molar-refractivity contribution in [2.24, 2.45) is 0 Å². The van der Waals surface area contributed by atoms with E-state index in [1.54, 1.807) is 0 Å². The number of likely N-dealkylation sites (tertiary alicyclic amines) is 1. The van der Waals surface area contributed by atoms with Crippen molar-refractivity contribution in [3.63, 3.8) is 0 Å². The summed E-state index contributed by atoms with van der Waals surface area (Å²) in [6.45, 7) is 9.93. The van der Waals surface area contributed by atoms with Gasteiger partial charge in [0, 0.05) is 19.1 Å². The van der Waals surface area contributed by atoms with Gasteiger partial charge in [-0.1, -0.05) is 25.5 Å². The zero-order valence-corrected chi connectivity index (χ0v) is 13.6. The van der Waals surface area contributed by atoms with Gasteiger partial charge in [-0.15, -0.1) is 0 Å². The number of rotatable bonds is 9. The Hall–Kier alpha value is -1.06. The average Bonchev–Trinajstić information content (AvgIpc) is 2.99. The fraction of sp³-hybridized carbons (Fsp3) is 0.667. The summed E-state index contributed by atoms with van der Waals surface area (Å²) in [5, 5.41) is 3.62. The summed E-state index contributed by atoms with van der Waals surface area (Å²) in [5.74, 6) is 0.984. The van der Waals surface area contributed by atoms with E-state index in [1.807, 2.05) is 0 Å². The van der Waals surface area contributed by atoms with Crippen LogP contribution in [0.2, 0.25) is 0 Å². The van der Waals surface area contributed by atoms with Crippen LogP contribution >= 0.6 is 0 Å². The van der Waals surface area contributed by atoms with Crippen molar-refractivity contribution in [2.75, 3.05) is 26.2 Å². The number of hydrogen-bond acceptors (Lipinski definition) is 3. The van der Waals surface area contributed by atoms with Crippen molar-refractivity contribution >= 4 is 0 Å². The molecule has 1 saturated heterocycles. The minimum atomic E-state index is 0.545. The standard InChI is InChI=1S/C18H30N2O/c1-3-4-13-21-18-9-7-17(8-10-18)14-19-16(2)15-20-11-5-6-12-20/h7-10,16,19H,3-6,11-15H2,1-2H3. The summed E-state index contributed by atoms with van der Waals surface area (Å²) in [5.41, 5.74) is 1.33. The second-order valence-corrected chi connectivity index (χ2v) is 6.14. The molecule has 0 spiro atoms. The van der Waals surface area contributed by atoms with Gasteiger partial charge < -0.3 is 15.0 Å². The summed E-state index contributed by atoms with van der Waals surface area (Å²) in [6, 6.07) is 9.03. The highest BCUT2D eigenvalue weighted by atomic mass is 16.5. The van der Waals surface area contributed by atoms with Gasteiger partial charge in [0.2, 0.25) is 0 Å². The predicted molar refractivity (Wildman–Crippen MR) is 88.8 cm³/mol. The van der Waals surface area contributed by atoms with Crippen molar-refractivity contribution in [1.29, 1.82) is 0 Å². The monoisotopic (exact) mass is 290 g/mol. The lowest BCUT2D eigenvalue weighted by Gasteiger charge is -2.21. The number of unbranched alkanes of at least 4 members (excludes halogenated alkanes) is 1. The van der Waals surface area contributed by atoms with Crippen LogP contribution in [-0.2, 0) is 6.54 Å². The molecule has 1 aliphatic rings. The summed E-state index contributed by atoms with van der Waals surface area (Å²) in [6.07, 6.45) is 5.03. The molecule has 1 aromatic rings. The third-order valence-electron chi connectivity index (χ3n) is 4.08. The van der Waals surface area contributed by atoms with Crippen LogP contribution in [0.5, 0.6) is 5.75 Å². The first-order chi connectivity index (χ1) is 10.3. The minimum absolute atomic E-state index is 0.545. The molecule has 1 aliphatic heterocycles. The molecule has 118 valence electrons. The van der Waals surface area contributed by atoms with Crippen molar-refractivity contribution in [2.45, 2.75) is 52.1 Å². The summed E-state index contributed by atoms with van der Waals surface area (Å²) < 4.78 is 5.69. The van der Waals surface area contributed by atoms with Crippen molar-refractivity contribution in [3.05, 3.63) is 29.8 Å². The Bertz CT molecular complexity index is 385. The minimum Gasteiger partial charge on any atom is -0.494 e. The van der Waals surface area contributed by atoms with Crippen LogP contribution in [0.25, 0.3) is 0 Å². The normalized spacial score (nSPS) is 17.0. The lowest BCUT2D eigenvalue weighted by molar-refractivity contribution is 0.298. The van der Waals surface area contributed by atoms with Crippen LogP contribution < -0.4 is 10.1 Å². The van der Waals surface area contributed by atoms with Crippen molar-refractivity contribution < 1.29 is 4.74 Å². The Morgan fingerprint density at radius 2 is 1.90 bits per heavy atom. The van der Waals surface area contributed by atoms with Crippen LogP contribution in [0.1, 0.15) is 45.1 Å². The van der Waals surface area contributed by atoms with Crippen molar-refractivity contribution in [3.8, 4) is 5.75 Å². The number of hydrogen-bond donors (Lipinski definition) is 1. The first kappa shape index (κ1) is 16.3. The zero-order chi connectivity index (χ0) is 14.9. The maximum absolute atomic E-state index is 5.69. The third-order valence-corrected chi connectivity index (χ3v) is 4.08. The molecular formula is C18H30N2O. The molecule has 3 heteroatoms. The second-order valence-electron chi connectivity index (χ2n) is 6.14.